The summed E-state index contributed by atoms with van der Waals surface area (Å²) in [7, 11) is 0. The summed E-state index contributed by atoms with van der Waals surface area (Å²) in [6.45, 7) is 2.50. The highest BCUT2D eigenvalue weighted by atomic mass is 32.1. The lowest BCUT2D eigenvalue weighted by molar-refractivity contribution is 0.191. The molecule has 0 aliphatic heterocycles. The predicted molar refractivity (Wildman–Crippen MR) is 78.2 cm³/mol. The van der Waals surface area contributed by atoms with E-state index in [1.807, 2.05) is 12.1 Å². The van der Waals surface area contributed by atoms with Gasteiger partial charge in [0.25, 0.3) is 0 Å². The van der Waals surface area contributed by atoms with Gasteiger partial charge >= 0.3 is 0 Å². The minimum atomic E-state index is -0.584. The van der Waals surface area contributed by atoms with E-state index in [1.54, 1.807) is 12.1 Å². The molecule has 0 radical (unpaired) electrons. The maximum absolute atomic E-state index is 10.0. The standard InChI is InChI=1S/C13H18N4OS/c1-2-3-12-16-13(19-17-12)15-8-11(18)9-4-6-10(14)7-5-9/h4-7,11,18H,2-3,8,14H2,1H3,(H,15,16,17). The SMILES string of the molecule is CCCc1nsc(NCC(O)c2ccc(N)cc2)n1. The molecule has 6 heteroatoms. The molecule has 0 spiro atoms. The highest BCUT2D eigenvalue weighted by Crippen LogP contribution is 2.17. The topological polar surface area (TPSA) is 84.1 Å². The van der Waals surface area contributed by atoms with Gasteiger partial charge in [-0.2, -0.15) is 4.37 Å². The van der Waals surface area contributed by atoms with Crippen LogP contribution >= 0.6 is 11.5 Å². The van der Waals surface area contributed by atoms with Crippen molar-refractivity contribution in [2.24, 2.45) is 0 Å². The number of nitrogens with two attached hydrogens (primary N) is 1. The van der Waals surface area contributed by atoms with E-state index in [4.69, 9.17) is 5.73 Å². The first-order valence-electron chi connectivity index (χ1n) is 6.29. The molecule has 1 atom stereocenters. The minimum absolute atomic E-state index is 0.407. The van der Waals surface area contributed by atoms with Crippen LogP contribution in [0.15, 0.2) is 24.3 Å². The summed E-state index contributed by atoms with van der Waals surface area (Å²) >= 11 is 1.33. The Balaban J connectivity index is 1.88. The number of aryl methyl sites for hydroxylation is 1. The van der Waals surface area contributed by atoms with Crippen molar-refractivity contribution in [3.8, 4) is 0 Å². The third kappa shape index (κ3) is 3.90. The lowest BCUT2D eigenvalue weighted by Crippen LogP contribution is -2.12. The number of anilines is 2. The predicted octanol–water partition coefficient (Wildman–Crippen LogP) is 2.22. The van der Waals surface area contributed by atoms with Gasteiger partial charge in [0.15, 0.2) is 0 Å². The average Bonchev–Trinajstić information content (AvgIpc) is 2.85. The van der Waals surface area contributed by atoms with Crippen LogP contribution in [0.25, 0.3) is 0 Å². The van der Waals surface area contributed by atoms with E-state index in [-0.39, 0.29) is 0 Å². The number of benzene rings is 1. The van der Waals surface area contributed by atoms with Crippen molar-refractivity contribution in [2.75, 3.05) is 17.6 Å². The van der Waals surface area contributed by atoms with Gasteiger partial charge < -0.3 is 16.2 Å². The number of nitrogen functional groups attached to an aromatic ring is 1. The Labute approximate surface area is 116 Å². The van der Waals surface area contributed by atoms with Crippen LogP contribution in [0, 0.1) is 0 Å². The van der Waals surface area contributed by atoms with E-state index in [2.05, 4.69) is 21.6 Å². The molecule has 0 saturated heterocycles. The Morgan fingerprint density at radius 1 is 1.37 bits per heavy atom. The lowest BCUT2D eigenvalue weighted by Gasteiger charge is -2.11. The van der Waals surface area contributed by atoms with Gasteiger partial charge in [-0.25, -0.2) is 4.98 Å². The first-order valence-corrected chi connectivity index (χ1v) is 7.06. The summed E-state index contributed by atoms with van der Waals surface area (Å²) in [5.74, 6) is 0.858. The highest BCUT2D eigenvalue weighted by Gasteiger charge is 2.09. The summed E-state index contributed by atoms with van der Waals surface area (Å²) in [5, 5.41) is 13.9. The van der Waals surface area contributed by atoms with Gasteiger partial charge in [-0.05, 0) is 24.1 Å². The van der Waals surface area contributed by atoms with E-state index in [1.165, 1.54) is 11.5 Å². The van der Waals surface area contributed by atoms with Gasteiger partial charge in [0, 0.05) is 30.2 Å². The molecule has 0 saturated carbocycles. The van der Waals surface area contributed by atoms with Gasteiger partial charge in [0.2, 0.25) is 5.13 Å². The summed E-state index contributed by atoms with van der Waals surface area (Å²) < 4.78 is 4.24. The Morgan fingerprint density at radius 3 is 2.79 bits per heavy atom. The van der Waals surface area contributed by atoms with Crippen molar-refractivity contribution >= 4 is 22.4 Å². The molecule has 102 valence electrons. The molecule has 0 fully saturated rings. The Morgan fingerprint density at radius 2 is 2.11 bits per heavy atom. The maximum atomic E-state index is 10.0. The molecule has 1 aromatic heterocycles. The third-order valence-electron chi connectivity index (χ3n) is 2.71. The molecule has 0 aliphatic carbocycles. The third-order valence-corrected chi connectivity index (χ3v) is 3.42. The van der Waals surface area contributed by atoms with E-state index < -0.39 is 6.10 Å². The van der Waals surface area contributed by atoms with Gasteiger partial charge in [-0.1, -0.05) is 19.1 Å². The largest absolute Gasteiger partial charge is 0.399 e. The van der Waals surface area contributed by atoms with Crippen molar-refractivity contribution < 1.29 is 5.11 Å². The van der Waals surface area contributed by atoms with Crippen LogP contribution in [-0.4, -0.2) is 21.0 Å². The Hall–Kier alpha value is -1.66. The number of aromatic nitrogens is 2. The van der Waals surface area contributed by atoms with Crippen LogP contribution < -0.4 is 11.1 Å². The zero-order valence-corrected chi connectivity index (χ0v) is 11.7. The summed E-state index contributed by atoms with van der Waals surface area (Å²) in [5.41, 5.74) is 7.13. The minimum Gasteiger partial charge on any atom is -0.399 e. The van der Waals surface area contributed by atoms with Crippen LogP contribution in [-0.2, 0) is 6.42 Å². The number of aliphatic hydroxyl groups is 1. The van der Waals surface area contributed by atoms with Crippen molar-refractivity contribution in [3.05, 3.63) is 35.7 Å². The van der Waals surface area contributed by atoms with E-state index >= 15 is 0 Å². The second kappa shape index (κ2) is 6.49. The smallest absolute Gasteiger partial charge is 0.202 e. The number of aliphatic hydroxyl groups excluding tert-OH is 1. The molecule has 1 aromatic carbocycles. The van der Waals surface area contributed by atoms with Crippen LogP contribution in [0.2, 0.25) is 0 Å². The number of hydrogen-bond acceptors (Lipinski definition) is 6. The highest BCUT2D eigenvalue weighted by molar-refractivity contribution is 7.09. The zero-order valence-electron chi connectivity index (χ0n) is 10.8. The molecule has 4 N–H and O–H groups in total. The molecule has 0 amide bonds. The fourth-order valence-electron chi connectivity index (χ4n) is 1.67. The molecule has 1 unspecified atom stereocenters. The molecule has 2 aromatic rings. The van der Waals surface area contributed by atoms with Crippen LogP contribution in [0.4, 0.5) is 10.8 Å². The first kappa shape index (κ1) is 13.8. The Bertz CT molecular complexity index is 512. The van der Waals surface area contributed by atoms with Crippen LogP contribution in [0.3, 0.4) is 0 Å². The van der Waals surface area contributed by atoms with Gasteiger partial charge in [-0.15, -0.1) is 0 Å². The molecule has 1 heterocycles. The summed E-state index contributed by atoms with van der Waals surface area (Å²) in [6.07, 6.45) is 1.34. The molecular weight excluding hydrogens is 260 g/mol. The lowest BCUT2D eigenvalue weighted by atomic mass is 10.1. The molecule has 0 bridgehead atoms. The van der Waals surface area contributed by atoms with Gasteiger partial charge in [0.05, 0.1) is 6.10 Å². The van der Waals surface area contributed by atoms with E-state index in [0.717, 1.165) is 29.4 Å². The van der Waals surface area contributed by atoms with Crippen LogP contribution in [0.5, 0.6) is 0 Å². The van der Waals surface area contributed by atoms with Crippen molar-refractivity contribution in [3.63, 3.8) is 0 Å². The van der Waals surface area contributed by atoms with Crippen LogP contribution in [0.1, 0.15) is 30.8 Å². The number of rotatable bonds is 6. The second-order valence-electron chi connectivity index (χ2n) is 4.33. The number of nitrogens with one attached hydrogen (secondary N) is 1. The normalized spacial score (nSPS) is 12.3. The first-order chi connectivity index (χ1) is 9.19. The average molecular weight is 278 g/mol. The van der Waals surface area contributed by atoms with Crippen molar-refractivity contribution in [1.82, 2.24) is 9.36 Å². The monoisotopic (exact) mass is 278 g/mol. The molecule has 19 heavy (non-hydrogen) atoms. The molecular formula is C13H18N4OS. The fourth-order valence-corrected chi connectivity index (χ4v) is 2.29. The molecule has 2 rings (SSSR count). The zero-order chi connectivity index (χ0) is 13.7. The van der Waals surface area contributed by atoms with Gasteiger partial charge in [-0.3, -0.25) is 0 Å². The quantitative estimate of drug-likeness (QED) is 0.706. The Kier molecular flexibility index (Phi) is 4.70. The fraction of sp³-hybridized carbons (Fsp3) is 0.385. The molecule has 0 aliphatic rings. The number of nitrogens with zero attached hydrogens (tertiary/aromatic N) is 2. The summed E-state index contributed by atoms with van der Waals surface area (Å²) in [6, 6.07) is 7.21. The van der Waals surface area contributed by atoms with E-state index in [0.29, 0.717) is 12.2 Å². The van der Waals surface area contributed by atoms with Crippen molar-refractivity contribution in [1.29, 1.82) is 0 Å². The number of hydrogen-bond donors (Lipinski definition) is 3. The molecule has 5 nitrogen and oxygen atoms in total. The summed E-state index contributed by atoms with van der Waals surface area (Å²) in [4.78, 5) is 4.34. The van der Waals surface area contributed by atoms with E-state index in [9.17, 15) is 5.11 Å². The van der Waals surface area contributed by atoms with Gasteiger partial charge in [0.1, 0.15) is 5.82 Å². The van der Waals surface area contributed by atoms with Crippen molar-refractivity contribution in [2.45, 2.75) is 25.9 Å². The maximum Gasteiger partial charge on any atom is 0.202 e. The second-order valence-corrected chi connectivity index (χ2v) is 5.08.